The number of anilines is 1. The summed E-state index contributed by atoms with van der Waals surface area (Å²) in [5.41, 5.74) is 0.252. The summed E-state index contributed by atoms with van der Waals surface area (Å²) in [5, 5.41) is 14.4. The molecule has 0 saturated heterocycles. The maximum atomic E-state index is 12.7. The van der Waals surface area contributed by atoms with Crippen LogP contribution in [0.25, 0.3) is 11.4 Å². The number of nitrogens with zero attached hydrogens (tertiary/aromatic N) is 5. The van der Waals surface area contributed by atoms with Crippen molar-refractivity contribution in [1.29, 1.82) is 0 Å². The van der Waals surface area contributed by atoms with Gasteiger partial charge in [0.25, 0.3) is 5.91 Å². The molecule has 0 spiro atoms. The third-order valence-electron chi connectivity index (χ3n) is 4.39. The van der Waals surface area contributed by atoms with Gasteiger partial charge in [-0.1, -0.05) is 12.1 Å². The molecule has 0 bridgehead atoms. The Kier molecular flexibility index (Phi) is 4.33. The minimum Gasteiger partial charge on any atom is -0.322 e. The summed E-state index contributed by atoms with van der Waals surface area (Å²) in [5.74, 6) is 0.0589. The van der Waals surface area contributed by atoms with Crippen molar-refractivity contribution in [1.82, 2.24) is 25.2 Å². The van der Waals surface area contributed by atoms with Crippen LogP contribution in [0.5, 0.6) is 0 Å². The van der Waals surface area contributed by atoms with Crippen LogP contribution in [0.3, 0.4) is 0 Å². The first-order valence-electron chi connectivity index (χ1n) is 8.57. The molecule has 2 heterocycles. The van der Waals surface area contributed by atoms with Crippen LogP contribution in [0.4, 0.5) is 18.9 Å². The Morgan fingerprint density at radius 1 is 1.21 bits per heavy atom. The average molecular weight is 388 g/mol. The monoisotopic (exact) mass is 388 g/mol. The van der Waals surface area contributed by atoms with Gasteiger partial charge in [-0.05, 0) is 54.5 Å². The maximum Gasteiger partial charge on any atom is 0.433 e. The fourth-order valence-electron chi connectivity index (χ4n) is 2.84. The summed E-state index contributed by atoms with van der Waals surface area (Å²) < 4.78 is 40.0. The van der Waals surface area contributed by atoms with Gasteiger partial charge in [0.1, 0.15) is 5.69 Å². The van der Waals surface area contributed by atoms with E-state index in [2.05, 4.69) is 25.8 Å². The number of carbonyl (C=O) groups is 1. The fraction of sp³-hybridized carbons (Fsp3) is 0.278. The zero-order chi connectivity index (χ0) is 19.9. The highest BCUT2D eigenvalue weighted by molar-refractivity contribution is 6.05. The van der Waals surface area contributed by atoms with Gasteiger partial charge in [0.2, 0.25) is 0 Å². The van der Waals surface area contributed by atoms with Gasteiger partial charge < -0.3 is 5.32 Å². The number of rotatable bonds is 4. The van der Waals surface area contributed by atoms with Gasteiger partial charge in [-0.25, -0.2) is 9.67 Å². The Morgan fingerprint density at radius 2 is 2.00 bits per heavy atom. The predicted molar refractivity (Wildman–Crippen MR) is 93.5 cm³/mol. The molecule has 0 atom stereocenters. The number of nitrogens with one attached hydrogen (secondary N) is 1. The second-order valence-corrected chi connectivity index (χ2v) is 6.54. The Balaban J connectivity index is 1.56. The minimum absolute atomic E-state index is 0.00107. The third-order valence-corrected chi connectivity index (χ3v) is 4.39. The zero-order valence-corrected chi connectivity index (χ0v) is 14.7. The Bertz CT molecular complexity index is 1040. The van der Waals surface area contributed by atoms with Crippen LogP contribution in [0.1, 0.15) is 40.6 Å². The number of benzene rings is 1. The summed E-state index contributed by atoms with van der Waals surface area (Å²) in [7, 11) is 0. The van der Waals surface area contributed by atoms with E-state index in [0.717, 1.165) is 30.5 Å². The molecule has 0 unspecified atom stereocenters. The molecule has 4 rings (SSSR count). The fourth-order valence-corrected chi connectivity index (χ4v) is 2.84. The van der Waals surface area contributed by atoms with Crippen molar-refractivity contribution in [3.63, 3.8) is 0 Å². The van der Waals surface area contributed by atoms with E-state index in [4.69, 9.17) is 0 Å². The number of hydrogen-bond acceptors (Lipinski definition) is 5. The number of halogens is 3. The van der Waals surface area contributed by atoms with E-state index in [1.54, 1.807) is 22.9 Å². The van der Waals surface area contributed by atoms with E-state index in [1.807, 2.05) is 6.07 Å². The molecule has 1 aliphatic carbocycles. The van der Waals surface area contributed by atoms with Gasteiger partial charge in [0.15, 0.2) is 5.82 Å². The first-order chi connectivity index (χ1) is 13.3. The normalized spacial score (nSPS) is 14.1. The molecule has 1 aliphatic rings. The van der Waals surface area contributed by atoms with E-state index >= 15 is 0 Å². The van der Waals surface area contributed by atoms with Crippen LogP contribution in [0.15, 0.2) is 36.4 Å². The summed E-state index contributed by atoms with van der Waals surface area (Å²) >= 11 is 0. The van der Waals surface area contributed by atoms with Gasteiger partial charge in [-0.3, -0.25) is 4.79 Å². The lowest BCUT2D eigenvalue weighted by Gasteiger charge is -2.11. The maximum absolute atomic E-state index is 12.7. The highest BCUT2D eigenvalue weighted by Gasteiger charge is 2.33. The molecular weight excluding hydrogens is 373 g/mol. The largest absolute Gasteiger partial charge is 0.433 e. The van der Waals surface area contributed by atoms with Crippen molar-refractivity contribution >= 4 is 11.6 Å². The molecule has 1 N–H and O–H groups in total. The number of aromatic nitrogens is 5. The molecule has 1 amide bonds. The second-order valence-electron chi connectivity index (χ2n) is 6.54. The number of amides is 1. The molecule has 28 heavy (non-hydrogen) atoms. The van der Waals surface area contributed by atoms with Crippen molar-refractivity contribution in [2.24, 2.45) is 0 Å². The molecule has 1 fully saturated rings. The molecular formula is C18H15F3N6O. The molecule has 1 aromatic carbocycles. The topological polar surface area (TPSA) is 85.6 Å². The number of carbonyl (C=O) groups excluding carboxylic acids is 1. The van der Waals surface area contributed by atoms with Crippen LogP contribution in [-0.2, 0) is 6.18 Å². The van der Waals surface area contributed by atoms with Gasteiger partial charge >= 0.3 is 6.18 Å². The second kappa shape index (κ2) is 6.70. The lowest BCUT2D eigenvalue weighted by molar-refractivity contribution is -0.141. The van der Waals surface area contributed by atoms with Crippen molar-refractivity contribution in [3.05, 3.63) is 53.3 Å². The number of aryl methyl sites for hydroxylation is 1. The highest BCUT2D eigenvalue weighted by atomic mass is 19.4. The quantitative estimate of drug-likeness (QED) is 0.737. The first kappa shape index (κ1) is 18.1. The summed E-state index contributed by atoms with van der Waals surface area (Å²) in [6.45, 7) is 1.37. The molecule has 7 nitrogen and oxygen atoms in total. The predicted octanol–water partition coefficient (Wildman–Crippen LogP) is 3.65. The van der Waals surface area contributed by atoms with E-state index in [-0.39, 0.29) is 11.3 Å². The van der Waals surface area contributed by atoms with Crippen molar-refractivity contribution < 1.29 is 18.0 Å². The van der Waals surface area contributed by atoms with E-state index < -0.39 is 17.8 Å². The van der Waals surface area contributed by atoms with Gasteiger partial charge in [0, 0.05) is 11.3 Å². The Labute approximate surface area is 157 Å². The number of hydrogen-bond donors (Lipinski definition) is 1. The average Bonchev–Trinajstić information content (AvgIpc) is 3.37. The van der Waals surface area contributed by atoms with Crippen molar-refractivity contribution in [2.75, 3.05) is 5.32 Å². The smallest absolute Gasteiger partial charge is 0.322 e. The van der Waals surface area contributed by atoms with Crippen LogP contribution >= 0.6 is 0 Å². The van der Waals surface area contributed by atoms with Crippen molar-refractivity contribution in [3.8, 4) is 11.4 Å². The van der Waals surface area contributed by atoms with Gasteiger partial charge in [-0.2, -0.15) is 13.2 Å². The summed E-state index contributed by atoms with van der Waals surface area (Å²) in [6.07, 6.45) is -2.51. The lowest BCUT2D eigenvalue weighted by Crippen LogP contribution is -2.16. The molecule has 2 aromatic heterocycles. The first-order valence-corrected chi connectivity index (χ1v) is 8.57. The molecule has 144 valence electrons. The van der Waals surface area contributed by atoms with Crippen LogP contribution in [0.2, 0.25) is 0 Å². The molecule has 0 radical (unpaired) electrons. The van der Waals surface area contributed by atoms with Gasteiger partial charge in [0.05, 0.1) is 17.3 Å². The lowest BCUT2D eigenvalue weighted by atomic mass is 10.1. The summed E-state index contributed by atoms with van der Waals surface area (Å²) in [6, 6.07) is 9.18. The number of pyridine rings is 1. The molecule has 3 aromatic rings. The molecule has 1 saturated carbocycles. The third kappa shape index (κ3) is 3.57. The Morgan fingerprint density at radius 3 is 2.68 bits per heavy atom. The molecule has 10 heteroatoms. The van der Waals surface area contributed by atoms with Crippen LogP contribution < -0.4 is 5.32 Å². The number of tetrazole rings is 1. The van der Waals surface area contributed by atoms with Crippen LogP contribution in [-0.4, -0.2) is 31.1 Å². The highest BCUT2D eigenvalue weighted by Crippen LogP contribution is 2.36. The number of alkyl halides is 3. The van der Waals surface area contributed by atoms with Crippen molar-refractivity contribution in [2.45, 2.75) is 32.0 Å². The Hall–Kier alpha value is -3.30. The van der Waals surface area contributed by atoms with E-state index in [0.29, 0.717) is 17.6 Å². The standard InChI is InChI=1S/C18H15F3N6O/c1-10-14(7-8-15(22-10)18(19,20)21)17(28)23-12-4-2-3-11(9-12)16-24-25-26-27(16)13-5-6-13/h2-4,7-9,13H,5-6H2,1H3,(H,23,28). The van der Waals surface area contributed by atoms with E-state index in [9.17, 15) is 18.0 Å². The zero-order valence-electron chi connectivity index (χ0n) is 14.7. The SMILES string of the molecule is Cc1nc(C(F)(F)F)ccc1C(=O)Nc1cccc(-c2nnnn2C2CC2)c1. The summed E-state index contributed by atoms with van der Waals surface area (Å²) in [4.78, 5) is 16.0. The van der Waals surface area contributed by atoms with Gasteiger partial charge in [-0.15, -0.1) is 5.10 Å². The van der Waals surface area contributed by atoms with E-state index in [1.165, 1.54) is 6.92 Å². The minimum atomic E-state index is -4.56. The molecule has 0 aliphatic heterocycles. The van der Waals surface area contributed by atoms with Crippen LogP contribution in [0, 0.1) is 6.92 Å².